The van der Waals surface area contributed by atoms with Crippen LogP contribution in [-0.2, 0) is 19.2 Å². The molecule has 2 amide bonds. The van der Waals surface area contributed by atoms with Gasteiger partial charge in [0.2, 0.25) is 12.8 Å². The second-order valence-electron chi connectivity index (χ2n) is 12.6. The summed E-state index contributed by atoms with van der Waals surface area (Å²) in [7, 11) is 4.27. The Balaban J connectivity index is -0.000000548. The lowest BCUT2D eigenvalue weighted by Crippen LogP contribution is -2.46. The molecule has 2 aliphatic rings. The van der Waals surface area contributed by atoms with E-state index in [0.717, 1.165) is 25.3 Å². The Morgan fingerprint density at radius 3 is 2.02 bits per heavy atom. The number of aldehydes is 1. The third kappa shape index (κ3) is 28.3. The molecule has 0 saturated carbocycles. The molecule has 0 aromatic heterocycles. The average Bonchev–Trinajstić information content (AvgIpc) is 3.40. The van der Waals surface area contributed by atoms with Gasteiger partial charge in [-0.1, -0.05) is 92.5 Å². The van der Waals surface area contributed by atoms with Crippen molar-refractivity contribution in [2.75, 3.05) is 46.0 Å². The molecule has 2 rings (SSSR count). The highest BCUT2D eigenvalue weighted by molar-refractivity contribution is 7.97. The van der Waals surface area contributed by atoms with Crippen molar-refractivity contribution in [2.24, 2.45) is 11.3 Å². The van der Waals surface area contributed by atoms with Crippen molar-refractivity contribution in [3.63, 3.8) is 0 Å². The van der Waals surface area contributed by atoms with Gasteiger partial charge in [-0.2, -0.15) is 0 Å². The molecule has 4 N–H and O–H groups in total. The third-order valence-corrected chi connectivity index (χ3v) is 9.04. The summed E-state index contributed by atoms with van der Waals surface area (Å²) in [6.45, 7) is 21.1. The fourth-order valence-electron chi connectivity index (χ4n) is 4.76. The molecule has 0 aliphatic carbocycles. The summed E-state index contributed by atoms with van der Waals surface area (Å²) < 4.78 is 2.52. The largest absolute Gasteiger partial charge is 0.480 e. The van der Waals surface area contributed by atoms with E-state index in [-0.39, 0.29) is 12.5 Å². The molecule has 11 heteroatoms. The van der Waals surface area contributed by atoms with Gasteiger partial charge >= 0.3 is 5.97 Å². The van der Waals surface area contributed by atoms with Crippen molar-refractivity contribution in [1.82, 2.24) is 25.2 Å². The number of amides is 2. The summed E-state index contributed by atoms with van der Waals surface area (Å²) in [6.07, 6.45) is 13.8. The van der Waals surface area contributed by atoms with Gasteiger partial charge in [-0.15, -0.1) is 0 Å². The van der Waals surface area contributed by atoms with E-state index in [0.29, 0.717) is 30.6 Å². The van der Waals surface area contributed by atoms with E-state index in [1.54, 1.807) is 0 Å². The minimum atomic E-state index is -0.951. The topological polar surface area (TPSA) is 131 Å². The first kappa shape index (κ1) is 47.7. The molecule has 268 valence electrons. The van der Waals surface area contributed by atoms with E-state index in [1.165, 1.54) is 70.3 Å². The van der Waals surface area contributed by atoms with E-state index in [4.69, 9.17) is 5.11 Å². The van der Waals surface area contributed by atoms with Gasteiger partial charge in [0.25, 0.3) is 0 Å². The van der Waals surface area contributed by atoms with Crippen LogP contribution in [0, 0.1) is 11.3 Å². The van der Waals surface area contributed by atoms with Gasteiger partial charge in [0.05, 0.1) is 6.54 Å². The summed E-state index contributed by atoms with van der Waals surface area (Å²) in [4.78, 5) is 42.1. The van der Waals surface area contributed by atoms with Gasteiger partial charge in [-0.05, 0) is 71.0 Å². The Morgan fingerprint density at radius 2 is 1.67 bits per heavy atom. The number of likely N-dealkylation sites (tertiary alicyclic amines) is 1. The Hall–Kier alpha value is -1.69. The summed E-state index contributed by atoms with van der Waals surface area (Å²) in [6, 6.07) is 0.691. The van der Waals surface area contributed by atoms with Gasteiger partial charge in [0.15, 0.2) is 0 Å². The lowest BCUT2D eigenvalue weighted by molar-refractivity contribution is -0.142. The SMILES string of the molecule is CC.CCCCCCCC(C)C(NC=O)C(=O)O.CNC(CN1CCCCS1)C(C)(C)C.C[C@@H]1CCCN1C.O=CCNC=O. The van der Waals surface area contributed by atoms with E-state index >= 15 is 0 Å². The zero-order chi connectivity index (χ0) is 35.1. The van der Waals surface area contributed by atoms with Gasteiger partial charge in [-0.25, -0.2) is 9.10 Å². The summed E-state index contributed by atoms with van der Waals surface area (Å²) in [5, 5.41) is 16.8. The maximum absolute atomic E-state index is 10.8. The van der Waals surface area contributed by atoms with Crippen LogP contribution in [0.4, 0.5) is 0 Å². The summed E-state index contributed by atoms with van der Waals surface area (Å²) in [5.41, 5.74) is 0.354. The van der Waals surface area contributed by atoms with Crippen molar-refractivity contribution >= 4 is 37.0 Å². The van der Waals surface area contributed by atoms with E-state index < -0.39 is 12.0 Å². The highest BCUT2D eigenvalue weighted by Crippen LogP contribution is 2.25. The molecule has 0 aromatic rings. The van der Waals surface area contributed by atoms with Gasteiger partial charge < -0.3 is 30.8 Å². The average molecular weight is 662 g/mol. The minimum Gasteiger partial charge on any atom is -0.480 e. The maximum atomic E-state index is 10.8. The molecule has 10 nitrogen and oxygen atoms in total. The van der Waals surface area contributed by atoms with Crippen LogP contribution in [-0.4, -0.2) is 104 Å². The second-order valence-corrected chi connectivity index (χ2v) is 13.8. The molecular weight excluding hydrogens is 590 g/mol. The zero-order valence-corrected chi connectivity index (χ0v) is 31.3. The molecule has 3 unspecified atom stereocenters. The number of nitrogens with one attached hydrogen (secondary N) is 3. The number of carbonyl (C=O) groups is 4. The Labute approximate surface area is 281 Å². The molecule has 2 fully saturated rings. The standard InChI is InChI=1S/C12H23NO3.C11H24N2S.C6H13N.C3H5NO2.C2H6/c1-3-4-5-6-7-8-10(2)11(12(15)16)13-9-14;1-11(2,3)10(12-4)9-13-7-5-6-8-14-13;1-6-4-3-5-7(6)2;5-2-1-4-3-6;1-2/h9-11H,3-8H2,1-2H3,(H,13,14)(H,15,16);10,12H,5-9H2,1-4H3;6H,3-5H2,1-2H3;2-3H,1H2,(H,4,6);1-2H3/t;;6-;;/m..1../s1. The number of likely N-dealkylation sites (N-methyl/N-ethyl adjacent to an activating group) is 1. The maximum Gasteiger partial charge on any atom is 0.326 e. The fraction of sp³-hybridized carbons (Fsp3) is 0.882. The van der Waals surface area contributed by atoms with Crippen LogP contribution in [0.5, 0.6) is 0 Å². The smallest absolute Gasteiger partial charge is 0.326 e. The number of aliphatic carboxylic acids is 1. The van der Waals surface area contributed by atoms with Crippen molar-refractivity contribution in [3.8, 4) is 0 Å². The zero-order valence-electron chi connectivity index (χ0n) is 30.5. The van der Waals surface area contributed by atoms with Crippen molar-refractivity contribution < 1.29 is 24.3 Å². The molecule has 0 bridgehead atoms. The first-order chi connectivity index (χ1) is 21.4. The normalized spacial score (nSPS) is 18.3. The quantitative estimate of drug-likeness (QED) is 0.0948. The highest BCUT2D eigenvalue weighted by atomic mass is 32.2. The van der Waals surface area contributed by atoms with Crippen LogP contribution in [0.3, 0.4) is 0 Å². The monoisotopic (exact) mass is 662 g/mol. The number of carboxylic acid groups (broad SMARTS) is 1. The predicted octanol–water partition coefficient (Wildman–Crippen LogP) is 5.60. The van der Waals surface area contributed by atoms with E-state index in [9.17, 15) is 19.2 Å². The van der Waals surface area contributed by atoms with Crippen LogP contribution in [0.1, 0.15) is 120 Å². The first-order valence-corrected chi connectivity index (χ1v) is 18.1. The number of hydrogen-bond acceptors (Lipinski definition) is 8. The van der Waals surface area contributed by atoms with Crippen LogP contribution in [0.2, 0.25) is 0 Å². The Morgan fingerprint density at radius 1 is 1.02 bits per heavy atom. The van der Waals surface area contributed by atoms with E-state index in [2.05, 4.69) is 73.9 Å². The molecule has 2 heterocycles. The second kappa shape index (κ2) is 32.3. The van der Waals surface area contributed by atoms with Crippen LogP contribution < -0.4 is 16.0 Å². The minimum absolute atomic E-state index is 0.00988. The van der Waals surface area contributed by atoms with Crippen LogP contribution in [0.25, 0.3) is 0 Å². The number of hydrogen-bond donors (Lipinski definition) is 4. The molecule has 4 atom stereocenters. The van der Waals surface area contributed by atoms with Crippen molar-refractivity contribution in [3.05, 3.63) is 0 Å². The highest BCUT2D eigenvalue weighted by Gasteiger charge is 2.26. The molecule has 2 aliphatic heterocycles. The van der Waals surface area contributed by atoms with Crippen molar-refractivity contribution in [2.45, 2.75) is 138 Å². The third-order valence-electron chi connectivity index (χ3n) is 7.87. The van der Waals surface area contributed by atoms with E-state index in [1.807, 2.05) is 32.7 Å². The Kier molecular flexibility index (Phi) is 34.2. The number of unbranched alkanes of at least 4 members (excludes halogenated alkanes) is 4. The van der Waals surface area contributed by atoms with Gasteiger partial charge in [0.1, 0.15) is 12.3 Å². The van der Waals surface area contributed by atoms with Crippen molar-refractivity contribution in [1.29, 1.82) is 0 Å². The molecule has 2 saturated heterocycles. The number of carbonyl (C=O) groups excluding carboxylic acids is 3. The Bertz CT molecular complexity index is 689. The molecule has 0 aromatic carbocycles. The van der Waals surface area contributed by atoms with Gasteiger partial charge in [0, 0.05) is 30.9 Å². The molecule has 45 heavy (non-hydrogen) atoms. The van der Waals surface area contributed by atoms with Gasteiger partial charge in [-0.3, -0.25) is 9.59 Å². The lowest BCUT2D eigenvalue weighted by Gasteiger charge is -2.36. The number of rotatable bonds is 16. The lowest BCUT2D eigenvalue weighted by atomic mass is 9.87. The molecule has 0 spiro atoms. The first-order valence-electron chi connectivity index (χ1n) is 17.2. The number of carboxylic acids is 1. The molecular formula is C34H71N5O5S. The predicted molar refractivity (Wildman–Crippen MR) is 192 cm³/mol. The number of nitrogens with zero attached hydrogens (tertiary/aromatic N) is 2. The van der Waals surface area contributed by atoms with Crippen LogP contribution >= 0.6 is 11.9 Å². The molecule has 0 radical (unpaired) electrons. The summed E-state index contributed by atoms with van der Waals surface area (Å²) in [5.74, 6) is 0.345. The fourth-order valence-corrected chi connectivity index (χ4v) is 5.86. The summed E-state index contributed by atoms with van der Waals surface area (Å²) >= 11 is 2.02. The van der Waals surface area contributed by atoms with Crippen LogP contribution in [0.15, 0.2) is 0 Å².